The number of hydrogen-bond acceptors (Lipinski definition) is 4. The van der Waals surface area contributed by atoms with Gasteiger partial charge in [0, 0.05) is 10.3 Å². The number of nitrogens with two attached hydrogens (primary N) is 1. The Balaban J connectivity index is 2.13. The number of Topliss-reactive ketones (excluding diaryl/α,β-unsaturated/α-hetero) is 1. The van der Waals surface area contributed by atoms with Gasteiger partial charge in [0.2, 0.25) is 0 Å². The third-order valence-corrected chi connectivity index (χ3v) is 4.58. The van der Waals surface area contributed by atoms with Gasteiger partial charge >= 0.3 is 0 Å². The number of thiophene rings is 1. The van der Waals surface area contributed by atoms with Crippen LogP contribution < -0.4 is 5.73 Å². The summed E-state index contributed by atoms with van der Waals surface area (Å²) >= 11 is 7.72. The van der Waals surface area contributed by atoms with E-state index in [0.717, 1.165) is 20.7 Å². The summed E-state index contributed by atoms with van der Waals surface area (Å²) in [6, 6.07) is 9.51. The highest BCUT2D eigenvalue weighted by atomic mass is 35.5. The highest BCUT2D eigenvalue weighted by Crippen LogP contribution is 2.35. The van der Waals surface area contributed by atoms with Crippen LogP contribution in [0.5, 0.6) is 0 Å². The van der Waals surface area contributed by atoms with E-state index in [1.165, 1.54) is 11.3 Å². The third-order valence-electron chi connectivity index (χ3n) is 3.06. The van der Waals surface area contributed by atoms with Gasteiger partial charge in [0.1, 0.15) is 5.76 Å². The molecule has 0 spiro atoms. The van der Waals surface area contributed by atoms with Crippen LogP contribution in [0, 0.1) is 0 Å². The molecule has 0 saturated heterocycles. The van der Waals surface area contributed by atoms with Crippen molar-refractivity contribution in [2.75, 3.05) is 0 Å². The zero-order valence-electron chi connectivity index (χ0n) is 10.8. The Bertz CT molecular complexity index is 803. The molecule has 0 aliphatic carbocycles. The van der Waals surface area contributed by atoms with Gasteiger partial charge in [0.15, 0.2) is 11.4 Å². The molecule has 3 nitrogen and oxygen atoms in total. The van der Waals surface area contributed by atoms with Crippen LogP contribution >= 0.6 is 22.9 Å². The van der Waals surface area contributed by atoms with Crippen LogP contribution in [0.15, 0.2) is 34.7 Å². The number of rotatable bonds is 3. The minimum Gasteiger partial charge on any atom is -0.458 e. The lowest BCUT2D eigenvalue weighted by atomic mass is 10.1. The fourth-order valence-corrected chi connectivity index (χ4v) is 3.24. The second kappa shape index (κ2) is 5.05. The molecular weight excluding hydrogens is 294 g/mol. The van der Waals surface area contributed by atoms with Crippen LogP contribution in [0.3, 0.4) is 0 Å². The Hall–Kier alpha value is -1.62. The minimum absolute atomic E-state index is 0.0714. The topological polar surface area (TPSA) is 56.2 Å². The standard InChI is InChI=1S/C15H12ClNO2S/c1-8(18)13-2-3-14(20-13)9-4-10-5-11(7-17)19-15(10)12(16)6-9/h2-6H,7,17H2,1H3. The van der Waals surface area contributed by atoms with Gasteiger partial charge in [-0.25, -0.2) is 0 Å². The van der Waals surface area contributed by atoms with Crippen LogP contribution in [0.4, 0.5) is 0 Å². The van der Waals surface area contributed by atoms with Gasteiger partial charge in [0.25, 0.3) is 0 Å². The molecule has 0 aliphatic heterocycles. The summed E-state index contributed by atoms with van der Waals surface area (Å²) in [5.41, 5.74) is 7.21. The lowest BCUT2D eigenvalue weighted by Crippen LogP contribution is -1.92. The molecule has 5 heteroatoms. The molecular formula is C15H12ClNO2S. The molecule has 2 aromatic heterocycles. The molecule has 0 atom stereocenters. The van der Waals surface area contributed by atoms with E-state index in [4.69, 9.17) is 21.8 Å². The van der Waals surface area contributed by atoms with Gasteiger partial charge in [0.05, 0.1) is 16.4 Å². The maximum Gasteiger partial charge on any atom is 0.169 e. The summed E-state index contributed by atoms with van der Waals surface area (Å²) in [6.07, 6.45) is 0. The molecule has 2 N–H and O–H groups in total. The van der Waals surface area contributed by atoms with Crippen molar-refractivity contribution in [1.82, 2.24) is 0 Å². The lowest BCUT2D eigenvalue weighted by molar-refractivity contribution is 0.102. The van der Waals surface area contributed by atoms with E-state index in [1.807, 2.05) is 30.3 Å². The molecule has 1 aromatic carbocycles. The second-order valence-electron chi connectivity index (χ2n) is 4.51. The van der Waals surface area contributed by atoms with Gasteiger partial charge in [-0.3, -0.25) is 4.79 Å². The quantitative estimate of drug-likeness (QED) is 0.726. The molecule has 0 saturated carbocycles. The van der Waals surface area contributed by atoms with Gasteiger partial charge in [-0.15, -0.1) is 11.3 Å². The van der Waals surface area contributed by atoms with Gasteiger partial charge in [-0.2, -0.15) is 0 Å². The predicted molar refractivity (Wildman–Crippen MR) is 82.4 cm³/mol. The van der Waals surface area contributed by atoms with Crippen molar-refractivity contribution in [3.63, 3.8) is 0 Å². The summed E-state index contributed by atoms with van der Waals surface area (Å²) in [6.45, 7) is 1.91. The first-order chi connectivity index (χ1) is 9.58. The molecule has 0 fully saturated rings. The van der Waals surface area contributed by atoms with E-state index in [1.54, 1.807) is 6.92 Å². The first-order valence-corrected chi connectivity index (χ1v) is 7.31. The van der Waals surface area contributed by atoms with Gasteiger partial charge in [-0.05, 0) is 42.8 Å². The van der Waals surface area contributed by atoms with Crippen LogP contribution in [0.1, 0.15) is 22.4 Å². The van der Waals surface area contributed by atoms with Crippen molar-refractivity contribution in [3.8, 4) is 10.4 Å². The second-order valence-corrected chi connectivity index (χ2v) is 6.00. The fourth-order valence-electron chi connectivity index (χ4n) is 2.09. The average Bonchev–Trinajstić information content (AvgIpc) is 3.05. The molecule has 20 heavy (non-hydrogen) atoms. The van der Waals surface area contributed by atoms with Crippen molar-refractivity contribution in [1.29, 1.82) is 0 Å². The number of hydrogen-bond donors (Lipinski definition) is 1. The predicted octanol–water partition coefficient (Wildman–Crippen LogP) is 4.48. The molecule has 0 bridgehead atoms. The Morgan fingerprint density at radius 3 is 2.80 bits per heavy atom. The molecule has 0 unspecified atom stereocenters. The van der Waals surface area contributed by atoms with Gasteiger partial charge < -0.3 is 10.2 Å². The first kappa shape index (κ1) is 13.4. The van der Waals surface area contributed by atoms with E-state index in [0.29, 0.717) is 22.9 Å². The molecule has 102 valence electrons. The highest BCUT2D eigenvalue weighted by Gasteiger charge is 2.12. The Morgan fingerprint density at radius 1 is 1.35 bits per heavy atom. The molecule has 2 heterocycles. The number of fused-ring (bicyclic) bond motifs is 1. The zero-order valence-corrected chi connectivity index (χ0v) is 12.3. The SMILES string of the molecule is CC(=O)c1ccc(-c2cc(Cl)c3oc(CN)cc3c2)s1. The molecule has 0 amide bonds. The van der Waals surface area contributed by atoms with Crippen molar-refractivity contribution in [2.45, 2.75) is 13.5 Å². The normalized spacial score (nSPS) is 11.2. The summed E-state index contributed by atoms with van der Waals surface area (Å²) in [5, 5.41) is 1.47. The summed E-state index contributed by atoms with van der Waals surface area (Å²) < 4.78 is 5.57. The van der Waals surface area contributed by atoms with Crippen molar-refractivity contribution in [3.05, 3.63) is 46.0 Å². The monoisotopic (exact) mass is 305 g/mol. The van der Waals surface area contributed by atoms with Crippen LogP contribution in [0.2, 0.25) is 5.02 Å². The summed E-state index contributed by atoms with van der Waals surface area (Å²) in [7, 11) is 0. The Morgan fingerprint density at radius 2 is 2.15 bits per heavy atom. The smallest absolute Gasteiger partial charge is 0.169 e. The van der Waals surface area contributed by atoms with Crippen molar-refractivity contribution >= 4 is 39.7 Å². The highest BCUT2D eigenvalue weighted by molar-refractivity contribution is 7.17. The Labute approximate surface area is 125 Å². The number of halogens is 1. The molecule has 0 aliphatic rings. The molecule has 0 radical (unpaired) electrons. The lowest BCUT2D eigenvalue weighted by Gasteiger charge is -1.99. The number of ketones is 1. The number of carbonyl (C=O) groups is 1. The van der Waals surface area contributed by atoms with Crippen LogP contribution in [0.25, 0.3) is 21.4 Å². The maximum atomic E-state index is 11.4. The Kier molecular flexibility index (Phi) is 3.38. The number of benzene rings is 1. The van der Waals surface area contributed by atoms with E-state index in [9.17, 15) is 4.79 Å². The molecule has 3 aromatic rings. The van der Waals surface area contributed by atoms with E-state index < -0.39 is 0 Å². The van der Waals surface area contributed by atoms with Gasteiger partial charge in [-0.1, -0.05) is 11.6 Å². The average molecular weight is 306 g/mol. The third kappa shape index (κ3) is 2.26. The van der Waals surface area contributed by atoms with Crippen LogP contribution in [-0.4, -0.2) is 5.78 Å². The van der Waals surface area contributed by atoms with Crippen molar-refractivity contribution < 1.29 is 9.21 Å². The fraction of sp³-hybridized carbons (Fsp3) is 0.133. The molecule has 3 rings (SSSR count). The first-order valence-electron chi connectivity index (χ1n) is 6.11. The van der Waals surface area contributed by atoms with Crippen LogP contribution in [-0.2, 0) is 6.54 Å². The van der Waals surface area contributed by atoms with E-state index >= 15 is 0 Å². The number of furan rings is 1. The zero-order chi connectivity index (χ0) is 14.3. The minimum atomic E-state index is 0.0714. The van der Waals surface area contributed by atoms with Crippen molar-refractivity contribution in [2.24, 2.45) is 5.73 Å². The van der Waals surface area contributed by atoms with E-state index in [2.05, 4.69) is 0 Å². The summed E-state index contributed by atoms with van der Waals surface area (Å²) in [4.78, 5) is 13.1. The number of carbonyl (C=O) groups excluding carboxylic acids is 1. The largest absolute Gasteiger partial charge is 0.458 e. The van der Waals surface area contributed by atoms with E-state index in [-0.39, 0.29) is 5.78 Å². The summed E-state index contributed by atoms with van der Waals surface area (Å²) in [5.74, 6) is 0.775. The maximum absolute atomic E-state index is 11.4.